The topological polar surface area (TPSA) is 17.0 Å². The van der Waals surface area contributed by atoms with E-state index in [9.17, 15) is 0 Å². The molecule has 0 atom stereocenters. The fraction of sp³-hybridized carbons (Fsp3) is 0.0588. The Hall–Kier alpha value is -4.56. The summed E-state index contributed by atoms with van der Waals surface area (Å²) in [5.74, 6) is 0. The first-order valence-corrected chi connectivity index (χ1v) is 12.6. The molecular weight excluding hydrogens is 436 g/mol. The van der Waals surface area contributed by atoms with Gasteiger partial charge in [-0.2, -0.15) is 0 Å². The maximum absolute atomic E-state index is 3.57. The van der Waals surface area contributed by atoms with Gasteiger partial charge in [-0.05, 0) is 89.0 Å². The minimum atomic E-state index is 0. The number of nitrogens with one attached hydrogen (secondary N) is 1. The monoisotopic (exact) mass is 464 g/mol. The van der Waals surface area contributed by atoms with Crippen LogP contribution in [-0.2, 0) is 0 Å². The van der Waals surface area contributed by atoms with E-state index < -0.39 is 0 Å². The van der Waals surface area contributed by atoms with Crippen molar-refractivity contribution < 1.29 is 1.43 Å². The smallest absolute Gasteiger partial charge is 0.0541 e. The Kier molecular flexibility index (Phi) is 4.96. The molecule has 0 bridgehead atoms. The van der Waals surface area contributed by atoms with Crippen LogP contribution in [0.2, 0.25) is 0 Å². The summed E-state index contributed by atoms with van der Waals surface area (Å²) < 4.78 is 2.36. The minimum absolute atomic E-state index is 0. The van der Waals surface area contributed by atoms with E-state index in [4.69, 9.17) is 0 Å². The summed E-state index contributed by atoms with van der Waals surface area (Å²) in [5.41, 5.74) is 8.31. The fourth-order valence-electron chi connectivity index (χ4n) is 5.41. The van der Waals surface area contributed by atoms with Crippen molar-refractivity contribution in [2.75, 3.05) is 5.32 Å². The summed E-state index contributed by atoms with van der Waals surface area (Å²) >= 11 is 0. The Morgan fingerprint density at radius 1 is 0.528 bits per heavy atom. The maximum Gasteiger partial charge on any atom is 0.0541 e. The van der Waals surface area contributed by atoms with Gasteiger partial charge in [0.25, 0.3) is 0 Å². The Bertz CT molecular complexity index is 1850. The van der Waals surface area contributed by atoms with Crippen LogP contribution in [0.3, 0.4) is 0 Å². The first kappa shape index (κ1) is 20.8. The molecule has 0 fully saturated rings. The molecule has 2 heteroatoms. The third-order valence-corrected chi connectivity index (χ3v) is 7.18. The van der Waals surface area contributed by atoms with E-state index in [-0.39, 0.29) is 1.43 Å². The number of hydrogen-bond acceptors (Lipinski definition) is 1. The highest BCUT2D eigenvalue weighted by Crippen LogP contribution is 2.35. The zero-order chi connectivity index (χ0) is 23.9. The first-order valence-electron chi connectivity index (χ1n) is 12.6. The molecule has 1 N–H and O–H groups in total. The number of rotatable bonds is 4. The van der Waals surface area contributed by atoms with Crippen molar-refractivity contribution in [3.05, 3.63) is 126 Å². The molecule has 6 aromatic rings. The molecule has 1 aliphatic rings. The van der Waals surface area contributed by atoms with E-state index in [1.165, 1.54) is 49.1 Å². The van der Waals surface area contributed by atoms with Crippen LogP contribution in [0.1, 0.15) is 14.3 Å². The van der Waals surface area contributed by atoms with Crippen molar-refractivity contribution in [3.63, 3.8) is 0 Å². The third-order valence-electron chi connectivity index (χ3n) is 7.18. The lowest BCUT2D eigenvalue weighted by Gasteiger charge is -2.10. The molecule has 2 nitrogen and oxygen atoms in total. The van der Waals surface area contributed by atoms with E-state index in [1.807, 2.05) is 0 Å². The van der Waals surface area contributed by atoms with Gasteiger partial charge in [-0.3, -0.25) is 0 Å². The number of para-hydroxylation sites is 2. The van der Waals surface area contributed by atoms with Crippen molar-refractivity contribution in [1.29, 1.82) is 0 Å². The van der Waals surface area contributed by atoms with E-state index in [2.05, 4.69) is 137 Å². The second-order valence-corrected chi connectivity index (χ2v) is 9.45. The van der Waals surface area contributed by atoms with Crippen molar-refractivity contribution >= 4 is 45.3 Å². The van der Waals surface area contributed by atoms with Gasteiger partial charge in [-0.15, -0.1) is 0 Å². The van der Waals surface area contributed by atoms with Gasteiger partial charge in [0.05, 0.1) is 11.0 Å². The van der Waals surface area contributed by atoms with Crippen molar-refractivity contribution in [2.45, 2.75) is 12.8 Å². The highest BCUT2D eigenvalue weighted by molar-refractivity contribution is 6.10. The minimum Gasteiger partial charge on any atom is -0.356 e. The van der Waals surface area contributed by atoms with Crippen LogP contribution in [0.25, 0.3) is 50.8 Å². The lowest BCUT2D eigenvalue weighted by molar-refractivity contribution is 1.12. The van der Waals surface area contributed by atoms with E-state index in [0.717, 1.165) is 24.2 Å². The summed E-state index contributed by atoms with van der Waals surface area (Å²) in [7, 11) is 0. The van der Waals surface area contributed by atoms with Crippen LogP contribution in [0, 0.1) is 0 Å². The molecule has 1 aromatic heterocycles. The molecule has 1 heterocycles. The molecule has 0 unspecified atom stereocenters. The van der Waals surface area contributed by atoms with Gasteiger partial charge in [-0.1, -0.05) is 72.8 Å². The Morgan fingerprint density at radius 3 is 2.08 bits per heavy atom. The molecule has 0 amide bonds. The number of hydrogen-bond donors (Lipinski definition) is 1. The number of benzene rings is 5. The van der Waals surface area contributed by atoms with Gasteiger partial charge in [0.1, 0.15) is 0 Å². The second-order valence-electron chi connectivity index (χ2n) is 9.45. The molecule has 1 aliphatic carbocycles. The molecule has 174 valence electrons. The summed E-state index contributed by atoms with van der Waals surface area (Å²) in [4.78, 5) is 0. The van der Waals surface area contributed by atoms with Crippen LogP contribution in [0.15, 0.2) is 115 Å². The van der Waals surface area contributed by atoms with Gasteiger partial charge in [0.2, 0.25) is 0 Å². The first-order chi connectivity index (χ1) is 17.8. The quantitative estimate of drug-likeness (QED) is 0.282. The van der Waals surface area contributed by atoms with Gasteiger partial charge < -0.3 is 9.88 Å². The zero-order valence-corrected chi connectivity index (χ0v) is 20.0. The van der Waals surface area contributed by atoms with Crippen LogP contribution in [0.4, 0.5) is 11.4 Å². The molecular formula is C34H28N2. The molecule has 0 radical (unpaired) electrons. The maximum atomic E-state index is 3.57. The van der Waals surface area contributed by atoms with Crippen LogP contribution in [-0.4, -0.2) is 4.57 Å². The van der Waals surface area contributed by atoms with Crippen LogP contribution >= 0.6 is 0 Å². The molecule has 0 saturated carbocycles. The number of anilines is 2. The predicted molar refractivity (Wildman–Crippen MR) is 155 cm³/mol. The molecule has 0 saturated heterocycles. The van der Waals surface area contributed by atoms with Crippen LogP contribution in [0.5, 0.6) is 0 Å². The molecule has 0 spiro atoms. The third kappa shape index (κ3) is 3.59. The summed E-state index contributed by atoms with van der Waals surface area (Å²) in [6.45, 7) is 0. The van der Waals surface area contributed by atoms with Crippen molar-refractivity contribution in [1.82, 2.24) is 4.57 Å². The lowest BCUT2D eigenvalue weighted by Crippen LogP contribution is -2.26. The van der Waals surface area contributed by atoms with Crippen LogP contribution < -0.4 is 15.8 Å². The van der Waals surface area contributed by atoms with E-state index >= 15 is 0 Å². The molecule has 7 rings (SSSR count). The van der Waals surface area contributed by atoms with Crippen molar-refractivity contribution in [3.8, 4) is 16.8 Å². The summed E-state index contributed by atoms with van der Waals surface area (Å²) in [6, 6.07) is 41.5. The molecule has 0 aliphatic heterocycles. The SMILES string of the molecule is C1=c2ccc(Nc3ccc(-c4ccc5c(c4)c4ccccc4n5-c4ccccc4)cc3)cc2=CCC1.[HH]. The highest BCUT2D eigenvalue weighted by atomic mass is 15.0. The molecule has 36 heavy (non-hydrogen) atoms. The van der Waals surface area contributed by atoms with Gasteiger partial charge in [-0.25, -0.2) is 0 Å². The lowest BCUT2D eigenvalue weighted by atomic mass is 10.0. The summed E-state index contributed by atoms with van der Waals surface area (Å²) in [5, 5.41) is 8.78. The fourth-order valence-corrected chi connectivity index (χ4v) is 5.41. The highest BCUT2D eigenvalue weighted by Gasteiger charge is 2.12. The Balaban J connectivity index is 0.00000252. The number of fused-ring (bicyclic) bond motifs is 4. The average Bonchev–Trinajstić information content (AvgIpc) is 3.28. The largest absolute Gasteiger partial charge is 0.356 e. The van der Waals surface area contributed by atoms with E-state index in [1.54, 1.807) is 0 Å². The zero-order valence-electron chi connectivity index (χ0n) is 20.0. The van der Waals surface area contributed by atoms with Gasteiger partial charge in [0.15, 0.2) is 0 Å². The Labute approximate surface area is 211 Å². The van der Waals surface area contributed by atoms with Crippen molar-refractivity contribution in [2.24, 2.45) is 0 Å². The number of nitrogens with zero attached hydrogens (tertiary/aromatic N) is 1. The molecule has 5 aromatic carbocycles. The standard InChI is InChI=1S/C34H26N2.H2/c1-2-10-30(11-3-1)36-33-13-7-6-12-31(33)32-23-27(17-21-34(32)36)25-14-18-28(19-15-25)35-29-20-16-24-8-4-5-9-26(24)22-29;/h1-3,6-23,35H,4-5H2;1H. The average molecular weight is 465 g/mol. The van der Waals surface area contributed by atoms with Gasteiger partial charge in [0, 0.05) is 29.3 Å². The predicted octanol–water partition coefficient (Wildman–Crippen LogP) is 7.80. The number of aromatic nitrogens is 1. The normalized spacial score (nSPS) is 12.7. The summed E-state index contributed by atoms with van der Waals surface area (Å²) in [6.07, 6.45) is 6.91. The Morgan fingerprint density at radius 2 is 1.22 bits per heavy atom. The van der Waals surface area contributed by atoms with Gasteiger partial charge >= 0.3 is 0 Å². The second kappa shape index (κ2) is 8.58. The van der Waals surface area contributed by atoms with E-state index in [0.29, 0.717) is 0 Å².